The lowest BCUT2D eigenvalue weighted by Crippen LogP contribution is -2.11. The number of aromatic amines is 1. The smallest absolute Gasteiger partial charge is 0.413 e. The number of methoxy groups -OCH3 is 1. The molecule has 2 heterocycles. The highest BCUT2D eigenvalue weighted by molar-refractivity contribution is 9.10. The van der Waals surface area contributed by atoms with Gasteiger partial charge in [-0.2, -0.15) is 0 Å². The average molecular weight is 379 g/mol. The van der Waals surface area contributed by atoms with Gasteiger partial charge in [-0.3, -0.25) is 5.32 Å². The first-order valence-electron chi connectivity index (χ1n) is 6.28. The van der Waals surface area contributed by atoms with Gasteiger partial charge in [0.1, 0.15) is 5.03 Å². The lowest BCUT2D eigenvalue weighted by molar-refractivity contribution is 0.186. The van der Waals surface area contributed by atoms with Crippen LogP contribution in [-0.2, 0) is 4.74 Å². The highest BCUT2D eigenvalue weighted by Crippen LogP contribution is 2.29. The number of fused-ring (bicyclic) bond motifs is 1. The highest BCUT2D eigenvalue weighted by atomic mass is 79.9. The average Bonchev–Trinajstić information content (AvgIpc) is 2.91. The van der Waals surface area contributed by atoms with Crippen molar-refractivity contribution in [3.8, 4) is 0 Å². The summed E-state index contributed by atoms with van der Waals surface area (Å²) in [6.07, 6.45) is 1.20. The van der Waals surface area contributed by atoms with Crippen LogP contribution in [0.3, 0.4) is 0 Å². The number of aromatic nitrogens is 3. The third kappa shape index (κ3) is 3.40. The maximum absolute atomic E-state index is 11.2. The minimum absolute atomic E-state index is 0.353. The van der Waals surface area contributed by atoms with E-state index in [-0.39, 0.29) is 0 Å². The van der Waals surface area contributed by atoms with Gasteiger partial charge in [0.05, 0.1) is 18.1 Å². The van der Waals surface area contributed by atoms with Crippen LogP contribution in [0, 0.1) is 0 Å². The number of benzene rings is 1. The first-order chi connectivity index (χ1) is 10.6. The first-order valence-corrected chi connectivity index (χ1v) is 7.89. The Labute approximate surface area is 138 Å². The van der Waals surface area contributed by atoms with Gasteiger partial charge in [-0.25, -0.2) is 14.8 Å². The van der Waals surface area contributed by atoms with Crippen molar-refractivity contribution < 1.29 is 9.53 Å². The van der Waals surface area contributed by atoms with Gasteiger partial charge in [0.25, 0.3) is 0 Å². The lowest BCUT2D eigenvalue weighted by Gasteiger charge is -2.00. The van der Waals surface area contributed by atoms with Gasteiger partial charge in [-0.15, -0.1) is 0 Å². The number of H-pyrrole nitrogens is 1. The fourth-order valence-corrected chi connectivity index (χ4v) is 2.83. The number of carbonyl (C=O) groups is 1. The normalized spacial score (nSPS) is 10.6. The predicted octanol–water partition coefficient (Wildman–Crippen LogP) is 4.05. The van der Waals surface area contributed by atoms with Gasteiger partial charge in [-0.1, -0.05) is 11.8 Å². The summed E-state index contributed by atoms with van der Waals surface area (Å²) < 4.78 is 5.48. The molecule has 0 aliphatic rings. The molecule has 0 saturated carbocycles. The molecule has 0 atom stereocenters. The predicted molar refractivity (Wildman–Crippen MR) is 88.2 cm³/mol. The molecule has 3 rings (SSSR count). The maximum Gasteiger partial charge on any atom is 0.413 e. The summed E-state index contributed by atoms with van der Waals surface area (Å²) in [6.45, 7) is 0. The number of hydrogen-bond acceptors (Lipinski definition) is 5. The van der Waals surface area contributed by atoms with Crippen molar-refractivity contribution in [3.63, 3.8) is 0 Å². The van der Waals surface area contributed by atoms with E-state index >= 15 is 0 Å². The number of ether oxygens (including phenoxy) is 1. The summed E-state index contributed by atoms with van der Waals surface area (Å²) in [7, 11) is 1.30. The molecule has 3 aromatic rings. The number of nitrogens with zero attached hydrogens (tertiary/aromatic N) is 2. The van der Waals surface area contributed by atoms with Crippen LogP contribution in [0.2, 0.25) is 0 Å². The second kappa shape index (κ2) is 6.37. The second-order valence-electron chi connectivity index (χ2n) is 4.30. The quantitative estimate of drug-likeness (QED) is 0.718. The Morgan fingerprint density at radius 3 is 2.95 bits per heavy atom. The third-order valence-electron chi connectivity index (χ3n) is 2.78. The van der Waals surface area contributed by atoms with Crippen molar-refractivity contribution in [2.75, 3.05) is 12.4 Å². The Morgan fingerprint density at radius 1 is 1.36 bits per heavy atom. The van der Waals surface area contributed by atoms with E-state index in [0.717, 1.165) is 25.4 Å². The van der Waals surface area contributed by atoms with Gasteiger partial charge in [0.2, 0.25) is 5.95 Å². The van der Waals surface area contributed by atoms with Crippen molar-refractivity contribution in [1.29, 1.82) is 0 Å². The van der Waals surface area contributed by atoms with Gasteiger partial charge in [0, 0.05) is 15.6 Å². The fourth-order valence-electron chi connectivity index (χ4n) is 1.80. The highest BCUT2D eigenvalue weighted by Gasteiger charge is 2.08. The molecule has 112 valence electrons. The standard InChI is InChI=1S/C14H11BrN4O2S/c1-21-14(20)19-13-17-10-4-3-9(6-11(10)18-13)22-12-5-2-8(15)7-16-12/h2-7H,1H3,(H2,17,18,19,20). The molecule has 8 heteroatoms. The van der Waals surface area contributed by atoms with Gasteiger partial charge in [0.15, 0.2) is 0 Å². The number of hydrogen-bond donors (Lipinski definition) is 2. The largest absolute Gasteiger partial charge is 0.453 e. The van der Waals surface area contributed by atoms with Gasteiger partial charge in [-0.05, 0) is 46.3 Å². The molecule has 6 nitrogen and oxygen atoms in total. The SMILES string of the molecule is COC(=O)Nc1nc2ccc(Sc3ccc(Br)cn3)cc2[nH]1. The zero-order valence-electron chi connectivity index (χ0n) is 11.5. The van der Waals surface area contributed by atoms with Crippen molar-refractivity contribution in [2.45, 2.75) is 9.92 Å². The van der Waals surface area contributed by atoms with Crippen molar-refractivity contribution in [3.05, 3.63) is 41.0 Å². The fraction of sp³-hybridized carbons (Fsp3) is 0.0714. The van der Waals surface area contributed by atoms with Crippen LogP contribution in [0.5, 0.6) is 0 Å². The summed E-state index contributed by atoms with van der Waals surface area (Å²) >= 11 is 4.91. The third-order valence-corrected chi connectivity index (χ3v) is 4.19. The monoisotopic (exact) mass is 378 g/mol. The molecule has 1 amide bonds. The van der Waals surface area contributed by atoms with Crippen LogP contribution in [-0.4, -0.2) is 28.2 Å². The number of amides is 1. The molecule has 0 aliphatic heterocycles. The topological polar surface area (TPSA) is 79.9 Å². The molecule has 22 heavy (non-hydrogen) atoms. The van der Waals surface area contributed by atoms with E-state index in [1.807, 2.05) is 30.3 Å². The molecule has 0 fully saturated rings. The Bertz CT molecular complexity index is 819. The van der Waals surface area contributed by atoms with E-state index in [2.05, 4.69) is 40.9 Å². The summed E-state index contributed by atoms with van der Waals surface area (Å²) in [5, 5.41) is 3.40. The molecular formula is C14H11BrN4O2S. The molecule has 2 N–H and O–H groups in total. The molecule has 0 saturated heterocycles. The van der Waals surface area contributed by atoms with Crippen LogP contribution in [0.4, 0.5) is 10.7 Å². The van der Waals surface area contributed by atoms with Crippen LogP contribution >= 0.6 is 27.7 Å². The maximum atomic E-state index is 11.2. The van der Waals surface area contributed by atoms with Crippen LogP contribution < -0.4 is 5.32 Å². The minimum Gasteiger partial charge on any atom is -0.453 e. The van der Waals surface area contributed by atoms with Crippen LogP contribution in [0.25, 0.3) is 11.0 Å². The summed E-state index contributed by atoms with van der Waals surface area (Å²) in [5.41, 5.74) is 1.59. The van der Waals surface area contributed by atoms with E-state index in [1.54, 1.807) is 18.0 Å². The lowest BCUT2D eigenvalue weighted by atomic mass is 10.3. The Hall–Kier alpha value is -2.06. The molecule has 1 aromatic carbocycles. The number of rotatable bonds is 3. The molecule has 0 spiro atoms. The molecular weight excluding hydrogens is 368 g/mol. The number of imidazole rings is 1. The zero-order valence-corrected chi connectivity index (χ0v) is 13.9. The summed E-state index contributed by atoms with van der Waals surface area (Å²) in [6, 6.07) is 9.69. The number of anilines is 1. The van der Waals surface area contributed by atoms with E-state index in [9.17, 15) is 4.79 Å². The van der Waals surface area contributed by atoms with Crippen molar-refractivity contribution in [2.24, 2.45) is 0 Å². The van der Waals surface area contributed by atoms with Crippen molar-refractivity contribution in [1.82, 2.24) is 15.0 Å². The number of pyridine rings is 1. The first kappa shape index (κ1) is 14.9. The molecule has 0 unspecified atom stereocenters. The van der Waals surface area contributed by atoms with Crippen LogP contribution in [0.1, 0.15) is 0 Å². The molecule has 0 bridgehead atoms. The van der Waals surface area contributed by atoms with Gasteiger partial charge >= 0.3 is 6.09 Å². The van der Waals surface area contributed by atoms with Crippen LogP contribution in [0.15, 0.2) is 50.9 Å². The molecule has 0 radical (unpaired) electrons. The summed E-state index contributed by atoms with van der Waals surface area (Å²) in [5.74, 6) is 0.353. The Balaban J connectivity index is 1.83. The zero-order chi connectivity index (χ0) is 15.5. The molecule has 2 aromatic heterocycles. The van der Waals surface area contributed by atoms with Gasteiger partial charge < -0.3 is 9.72 Å². The summed E-state index contributed by atoms with van der Waals surface area (Å²) in [4.78, 5) is 23.8. The Kier molecular flexibility index (Phi) is 4.30. The Morgan fingerprint density at radius 2 is 2.23 bits per heavy atom. The van der Waals surface area contributed by atoms with Crippen molar-refractivity contribution >= 4 is 50.8 Å². The van der Waals surface area contributed by atoms with E-state index in [4.69, 9.17) is 0 Å². The van der Waals surface area contributed by atoms with E-state index in [1.165, 1.54) is 7.11 Å². The number of nitrogens with one attached hydrogen (secondary N) is 2. The number of carbonyl (C=O) groups excluding carboxylic acids is 1. The molecule has 0 aliphatic carbocycles. The van der Waals surface area contributed by atoms with E-state index in [0.29, 0.717) is 5.95 Å². The number of halogens is 1. The minimum atomic E-state index is -0.562. The second-order valence-corrected chi connectivity index (χ2v) is 6.31. The van der Waals surface area contributed by atoms with E-state index < -0.39 is 6.09 Å².